The van der Waals surface area contributed by atoms with Crippen molar-refractivity contribution in [3.05, 3.63) is 140 Å². The van der Waals surface area contributed by atoms with E-state index in [0.29, 0.717) is 17.1 Å². The Kier molecular flexibility index (Phi) is 5.10. The van der Waals surface area contributed by atoms with Crippen molar-refractivity contribution in [3.8, 4) is 39.4 Å². The third kappa shape index (κ3) is 3.69. The number of pyridine rings is 1. The van der Waals surface area contributed by atoms with Gasteiger partial charge in [-0.05, 0) is 82.9 Å². The molecule has 0 amide bonds. The molecule has 0 saturated heterocycles. The minimum Gasteiger partial charge on any atom is -0.434 e. The molecule has 0 N–H and O–H groups in total. The average Bonchev–Trinajstić information content (AvgIpc) is 3.61. The summed E-state index contributed by atoms with van der Waals surface area (Å²) in [6.07, 6.45) is 1.73. The van der Waals surface area contributed by atoms with Crippen LogP contribution in [0.5, 0.6) is 0 Å². The van der Waals surface area contributed by atoms with Crippen LogP contribution >= 0.6 is 0 Å². The molecule has 8 rings (SSSR count). The van der Waals surface area contributed by atoms with Crippen molar-refractivity contribution in [2.45, 2.75) is 0 Å². The number of fused-ring (bicyclic) bond motifs is 4. The van der Waals surface area contributed by atoms with Crippen LogP contribution in [0.25, 0.3) is 72.4 Å². The Balaban J connectivity index is 1.31. The number of aromatic nitrogens is 3. The zero-order valence-corrected chi connectivity index (χ0v) is 21.5. The van der Waals surface area contributed by atoms with Gasteiger partial charge in [0.2, 0.25) is 5.89 Å². The molecule has 8 aromatic rings. The van der Waals surface area contributed by atoms with Crippen molar-refractivity contribution in [3.63, 3.8) is 0 Å². The minimum atomic E-state index is 0.572. The van der Waals surface area contributed by atoms with Crippen molar-refractivity contribution < 1.29 is 4.42 Å². The van der Waals surface area contributed by atoms with E-state index in [1.807, 2.05) is 12.1 Å². The predicted molar refractivity (Wildman–Crippen MR) is 162 cm³/mol. The number of oxazole rings is 1. The summed E-state index contributed by atoms with van der Waals surface area (Å²) in [7, 11) is 0. The van der Waals surface area contributed by atoms with Crippen LogP contribution in [0.3, 0.4) is 0 Å². The summed E-state index contributed by atoms with van der Waals surface area (Å²) in [6, 6.07) is 46.8. The van der Waals surface area contributed by atoms with Crippen LogP contribution in [-0.2, 0) is 0 Å². The second-order valence-corrected chi connectivity index (χ2v) is 9.92. The van der Waals surface area contributed by atoms with Crippen LogP contribution in [0.15, 0.2) is 144 Å². The maximum absolute atomic E-state index is 5.96. The highest BCUT2D eigenvalue weighted by molar-refractivity contribution is 6.11. The molecular weight excluding hydrogens is 490 g/mol. The summed E-state index contributed by atoms with van der Waals surface area (Å²) in [5, 5.41) is 2.45. The number of hydrogen-bond donors (Lipinski definition) is 0. The highest BCUT2D eigenvalue weighted by Gasteiger charge is 2.16. The average molecular weight is 514 g/mol. The first-order valence-electron chi connectivity index (χ1n) is 13.3. The largest absolute Gasteiger partial charge is 0.434 e. The van der Waals surface area contributed by atoms with Gasteiger partial charge in [0.05, 0.1) is 11.0 Å². The van der Waals surface area contributed by atoms with Gasteiger partial charge in [-0.25, -0.2) is 4.98 Å². The van der Waals surface area contributed by atoms with E-state index in [9.17, 15) is 0 Å². The van der Waals surface area contributed by atoms with E-state index in [1.54, 1.807) is 6.20 Å². The summed E-state index contributed by atoms with van der Waals surface area (Å²) in [5.41, 5.74) is 10.5. The van der Waals surface area contributed by atoms with Gasteiger partial charge in [0.15, 0.2) is 11.2 Å². The van der Waals surface area contributed by atoms with Gasteiger partial charge in [-0.3, -0.25) is 0 Å². The van der Waals surface area contributed by atoms with E-state index in [0.717, 1.165) is 11.3 Å². The summed E-state index contributed by atoms with van der Waals surface area (Å²) in [5.74, 6) is 0.572. The molecule has 0 unspecified atom stereocenters. The third-order valence-corrected chi connectivity index (χ3v) is 7.52. The molecule has 0 saturated carbocycles. The van der Waals surface area contributed by atoms with Gasteiger partial charge in [-0.1, -0.05) is 72.8 Å². The molecular formula is C36H23N3O. The van der Waals surface area contributed by atoms with Crippen LogP contribution < -0.4 is 0 Å². The molecule has 5 aromatic carbocycles. The summed E-state index contributed by atoms with van der Waals surface area (Å²) in [6.45, 7) is 0. The Morgan fingerprint density at radius 3 is 1.65 bits per heavy atom. The Bertz CT molecular complexity index is 2010. The van der Waals surface area contributed by atoms with E-state index in [2.05, 4.69) is 136 Å². The smallest absolute Gasteiger partial charge is 0.228 e. The normalized spacial score (nSPS) is 11.5. The van der Waals surface area contributed by atoms with E-state index in [4.69, 9.17) is 4.42 Å². The van der Waals surface area contributed by atoms with Crippen molar-refractivity contribution in [2.75, 3.05) is 0 Å². The van der Waals surface area contributed by atoms with Crippen LogP contribution in [-0.4, -0.2) is 14.5 Å². The first-order chi connectivity index (χ1) is 19.8. The molecule has 4 nitrogen and oxygen atoms in total. The topological polar surface area (TPSA) is 43.9 Å². The van der Waals surface area contributed by atoms with Gasteiger partial charge in [0.25, 0.3) is 0 Å². The molecule has 0 aliphatic heterocycles. The summed E-state index contributed by atoms with van der Waals surface area (Å²) < 4.78 is 8.29. The van der Waals surface area contributed by atoms with Crippen molar-refractivity contribution in [2.24, 2.45) is 0 Å². The maximum Gasteiger partial charge on any atom is 0.228 e. The zero-order valence-electron chi connectivity index (χ0n) is 21.5. The molecule has 0 aliphatic carbocycles. The third-order valence-electron chi connectivity index (χ3n) is 7.52. The quantitative estimate of drug-likeness (QED) is 0.235. The first-order valence-corrected chi connectivity index (χ1v) is 13.3. The van der Waals surface area contributed by atoms with Crippen molar-refractivity contribution in [1.29, 1.82) is 0 Å². The number of hydrogen-bond acceptors (Lipinski definition) is 3. The van der Waals surface area contributed by atoms with E-state index in [1.165, 1.54) is 44.1 Å². The van der Waals surface area contributed by atoms with Gasteiger partial charge in [-0.2, -0.15) is 4.98 Å². The van der Waals surface area contributed by atoms with Crippen molar-refractivity contribution in [1.82, 2.24) is 14.5 Å². The highest BCUT2D eigenvalue weighted by atomic mass is 16.3. The second kappa shape index (κ2) is 9.07. The SMILES string of the molecule is c1ccc(-c2ccc3c(c2)c2cc(-c4ccccc4)ccc2n3-c2ccc(-c3nc4ncccc4o3)cc2)cc1. The molecule has 188 valence electrons. The minimum absolute atomic E-state index is 0.572. The predicted octanol–water partition coefficient (Wildman–Crippen LogP) is 9.32. The maximum atomic E-state index is 5.96. The highest BCUT2D eigenvalue weighted by Crippen LogP contribution is 2.37. The Morgan fingerprint density at radius 1 is 0.500 bits per heavy atom. The molecule has 0 bridgehead atoms. The van der Waals surface area contributed by atoms with E-state index >= 15 is 0 Å². The van der Waals surface area contributed by atoms with Crippen LogP contribution in [0.1, 0.15) is 0 Å². The van der Waals surface area contributed by atoms with Gasteiger partial charge >= 0.3 is 0 Å². The zero-order chi connectivity index (χ0) is 26.5. The molecule has 0 spiro atoms. The number of benzene rings is 5. The molecule has 40 heavy (non-hydrogen) atoms. The fourth-order valence-electron chi connectivity index (χ4n) is 5.57. The van der Waals surface area contributed by atoms with Crippen LogP contribution in [0, 0.1) is 0 Å². The Morgan fingerprint density at radius 2 is 1.07 bits per heavy atom. The monoisotopic (exact) mass is 513 g/mol. The van der Waals surface area contributed by atoms with Crippen LogP contribution in [0.2, 0.25) is 0 Å². The lowest BCUT2D eigenvalue weighted by molar-refractivity contribution is 0.619. The molecule has 3 heterocycles. The first kappa shape index (κ1) is 22.5. The lowest BCUT2D eigenvalue weighted by Gasteiger charge is -2.09. The number of nitrogens with zero attached hydrogens (tertiary/aromatic N) is 3. The molecule has 0 aliphatic rings. The molecule has 0 radical (unpaired) electrons. The van der Waals surface area contributed by atoms with Gasteiger partial charge in [-0.15, -0.1) is 0 Å². The van der Waals surface area contributed by atoms with Crippen molar-refractivity contribution >= 4 is 33.0 Å². The molecule has 0 atom stereocenters. The lowest BCUT2D eigenvalue weighted by Crippen LogP contribution is -1.94. The standard InChI is InChI=1S/C36H23N3O/c1-3-8-24(9-4-1)27-15-19-32-30(22-27)31-23-28(25-10-5-2-6-11-25)16-20-33(31)39(32)29-17-13-26(14-18-29)36-38-35-34(40-36)12-7-21-37-35/h1-23H. The fourth-order valence-corrected chi connectivity index (χ4v) is 5.57. The van der Waals surface area contributed by atoms with Gasteiger partial charge < -0.3 is 8.98 Å². The Labute approximate surface area is 230 Å². The molecule has 4 heteroatoms. The molecule has 3 aromatic heterocycles. The lowest BCUT2D eigenvalue weighted by atomic mass is 10.0. The second-order valence-electron chi connectivity index (χ2n) is 9.92. The van der Waals surface area contributed by atoms with E-state index < -0.39 is 0 Å². The fraction of sp³-hybridized carbons (Fsp3) is 0. The Hall–Kier alpha value is -5.48. The summed E-state index contributed by atoms with van der Waals surface area (Å²) in [4.78, 5) is 8.87. The van der Waals surface area contributed by atoms with Gasteiger partial charge in [0.1, 0.15) is 0 Å². The van der Waals surface area contributed by atoms with E-state index in [-0.39, 0.29) is 0 Å². The van der Waals surface area contributed by atoms with Gasteiger partial charge in [0, 0.05) is 28.2 Å². The van der Waals surface area contributed by atoms with Crippen LogP contribution in [0.4, 0.5) is 0 Å². The molecule has 0 fully saturated rings. The number of rotatable bonds is 4. The summed E-state index contributed by atoms with van der Waals surface area (Å²) >= 11 is 0.